The van der Waals surface area contributed by atoms with E-state index in [1.165, 1.54) is 0 Å². The van der Waals surface area contributed by atoms with Gasteiger partial charge < -0.3 is 15.0 Å². The van der Waals surface area contributed by atoms with Gasteiger partial charge in [0, 0.05) is 12.6 Å². The van der Waals surface area contributed by atoms with E-state index in [-0.39, 0.29) is 0 Å². The first-order valence-corrected chi connectivity index (χ1v) is 5.18. The summed E-state index contributed by atoms with van der Waals surface area (Å²) in [6, 6.07) is 0.623. The SMILES string of the molecule is CC1CC(OCCN(C)C)CCN1. The predicted octanol–water partition coefficient (Wildman–Crippen LogP) is 0.705. The van der Waals surface area contributed by atoms with Gasteiger partial charge in [0.1, 0.15) is 0 Å². The first kappa shape index (κ1) is 11.0. The third-order valence-electron chi connectivity index (χ3n) is 2.47. The smallest absolute Gasteiger partial charge is 0.0602 e. The van der Waals surface area contributed by atoms with Crippen LogP contribution in [0.15, 0.2) is 0 Å². The molecule has 1 saturated heterocycles. The largest absolute Gasteiger partial charge is 0.377 e. The van der Waals surface area contributed by atoms with Gasteiger partial charge in [-0.25, -0.2) is 0 Å². The van der Waals surface area contributed by atoms with Crippen LogP contribution in [0.2, 0.25) is 0 Å². The average molecular weight is 186 g/mol. The van der Waals surface area contributed by atoms with Gasteiger partial charge in [0.15, 0.2) is 0 Å². The van der Waals surface area contributed by atoms with E-state index in [9.17, 15) is 0 Å². The lowest BCUT2D eigenvalue weighted by Gasteiger charge is -2.28. The second-order valence-corrected chi connectivity index (χ2v) is 4.18. The molecular weight excluding hydrogens is 164 g/mol. The molecule has 0 aromatic rings. The predicted molar refractivity (Wildman–Crippen MR) is 55.0 cm³/mol. The highest BCUT2D eigenvalue weighted by molar-refractivity contribution is 4.75. The third-order valence-corrected chi connectivity index (χ3v) is 2.47. The highest BCUT2D eigenvalue weighted by Crippen LogP contribution is 2.11. The van der Waals surface area contributed by atoms with Crippen molar-refractivity contribution in [3.63, 3.8) is 0 Å². The summed E-state index contributed by atoms with van der Waals surface area (Å²) in [5.74, 6) is 0. The van der Waals surface area contributed by atoms with Crippen LogP contribution in [0.3, 0.4) is 0 Å². The number of hydrogen-bond donors (Lipinski definition) is 1. The molecule has 0 saturated carbocycles. The van der Waals surface area contributed by atoms with E-state index in [1.54, 1.807) is 0 Å². The standard InChI is InChI=1S/C10H22N2O/c1-9-8-10(4-5-11-9)13-7-6-12(2)3/h9-11H,4-8H2,1-3H3. The lowest BCUT2D eigenvalue weighted by atomic mass is 10.0. The van der Waals surface area contributed by atoms with E-state index in [0.717, 1.165) is 32.5 Å². The van der Waals surface area contributed by atoms with Gasteiger partial charge in [0.25, 0.3) is 0 Å². The van der Waals surface area contributed by atoms with Crippen molar-refractivity contribution < 1.29 is 4.74 Å². The minimum absolute atomic E-state index is 0.483. The number of hydrogen-bond acceptors (Lipinski definition) is 3. The molecule has 0 aliphatic carbocycles. The van der Waals surface area contributed by atoms with Crippen LogP contribution in [0.5, 0.6) is 0 Å². The number of rotatable bonds is 4. The molecule has 78 valence electrons. The molecule has 2 unspecified atom stereocenters. The van der Waals surface area contributed by atoms with E-state index < -0.39 is 0 Å². The summed E-state index contributed by atoms with van der Waals surface area (Å²) >= 11 is 0. The van der Waals surface area contributed by atoms with Gasteiger partial charge in [-0.1, -0.05) is 0 Å². The van der Waals surface area contributed by atoms with Gasteiger partial charge >= 0.3 is 0 Å². The summed E-state index contributed by atoms with van der Waals surface area (Å²) < 4.78 is 5.78. The molecule has 0 radical (unpaired) electrons. The summed E-state index contributed by atoms with van der Waals surface area (Å²) in [4.78, 5) is 2.16. The minimum atomic E-state index is 0.483. The summed E-state index contributed by atoms with van der Waals surface area (Å²) in [6.45, 7) is 5.22. The quantitative estimate of drug-likeness (QED) is 0.699. The number of nitrogens with zero attached hydrogens (tertiary/aromatic N) is 1. The summed E-state index contributed by atoms with van der Waals surface area (Å²) in [6.07, 6.45) is 2.81. The topological polar surface area (TPSA) is 24.5 Å². The third kappa shape index (κ3) is 4.60. The fourth-order valence-corrected chi connectivity index (χ4v) is 1.64. The first-order valence-electron chi connectivity index (χ1n) is 5.18. The van der Waals surface area contributed by atoms with Crippen molar-refractivity contribution in [2.24, 2.45) is 0 Å². The van der Waals surface area contributed by atoms with Crippen LogP contribution >= 0.6 is 0 Å². The van der Waals surface area contributed by atoms with Gasteiger partial charge in [0.05, 0.1) is 12.7 Å². The van der Waals surface area contributed by atoms with Crippen molar-refractivity contribution in [3.05, 3.63) is 0 Å². The van der Waals surface area contributed by atoms with Crippen LogP contribution in [-0.2, 0) is 4.74 Å². The molecule has 0 aromatic heterocycles. The van der Waals surface area contributed by atoms with Gasteiger partial charge in [0.2, 0.25) is 0 Å². The zero-order valence-electron chi connectivity index (χ0n) is 9.05. The highest BCUT2D eigenvalue weighted by atomic mass is 16.5. The van der Waals surface area contributed by atoms with E-state index in [4.69, 9.17) is 4.74 Å². The molecule has 1 aliphatic rings. The maximum Gasteiger partial charge on any atom is 0.0602 e. The monoisotopic (exact) mass is 186 g/mol. The number of nitrogens with one attached hydrogen (secondary N) is 1. The van der Waals surface area contributed by atoms with Crippen LogP contribution in [0, 0.1) is 0 Å². The van der Waals surface area contributed by atoms with Crippen molar-refractivity contribution in [2.75, 3.05) is 33.8 Å². The van der Waals surface area contributed by atoms with Crippen LogP contribution in [0.25, 0.3) is 0 Å². The van der Waals surface area contributed by atoms with Crippen LogP contribution in [-0.4, -0.2) is 50.8 Å². The lowest BCUT2D eigenvalue weighted by molar-refractivity contribution is 0.0173. The second-order valence-electron chi connectivity index (χ2n) is 4.18. The van der Waals surface area contributed by atoms with E-state index in [0.29, 0.717) is 12.1 Å². The van der Waals surface area contributed by atoms with Crippen molar-refractivity contribution in [1.82, 2.24) is 10.2 Å². The van der Waals surface area contributed by atoms with Gasteiger partial charge in [-0.2, -0.15) is 0 Å². The lowest BCUT2D eigenvalue weighted by Crippen LogP contribution is -2.39. The number of likely N-dealkylation sites (N-methyl/N-ethyl adjacent to an activating group) is 1. The molecular formula is C10H22N2O. The zero-order chi connectivity index (χ0) is 9.68. The van der Waals surface area contributed by atoms with Gasteiger partial charge in [-0.15, -0.1) is 0 Å². The van der Waals surface area contributed by atoms with Crippen LogP contribution < -0.4 is 5.32 Å². The molecule has 3 heteroatoms. The Balaban J connectivity index is 2.06. The Morgan fingerprint density at radius 2 is 2.23 bits per heavy atom. The Bertz CT molecular complexity index is 139. The summed E-state index contributed by atoms with van der Waals surface area (Å²) in [7, 11) is 4.16. The fraction of sp³-hybridized carbons (Fsp3) is 1.00. The normalized spacial score (nSPS) is 29.5. The Kier molecular flexibility index (Phi) is 4.70. The first-order chi connectivity index (χ1) is 6.18. The molecule has 1 heterocycles. The zero-order valence-corrected chi connectivity index (χ0v) is 9.05. The van der Waals surface area contributed by atoms with Crippen molar-refractivity contribution in [3.8, 4) is 0 Å². The number of piperidine rings is 1. The second kappa shape index (κ2) is 5.58. The molecule has 2 atom stereocenters. The molecule has 13 heavy (non-hydrogen) atoms. The molecule has 0 bridgehead atoms. The fourth-order valence-electron chi connectivity index (χ4n) is 1.64. The number of ether oxygens (including phenoxy) is 1. The average Bonchev–Trinajstić information content (AvgIpc) is 2.03. The Morgan fingerprint density at radius 1 is 1.46 bits per heavy atom. The maximum atomic E-state index is 5.78. The maximum absolute atomic E-state index is 5.78. The Morgan fingerprint density at radius 3 is 2.85 bits per heavy atom. The molecule has 1 aliphatic heterocycles. The molecule has 0 aromatic carbocycles. The Hall–Kier alpha value is -0.120. The minimum Gasteiger partial charge on any atom is -0.377 e. The molecule has 3 nitrogen and oxygen atoms in total. The van der Waals surface area contributed by atoms with E-state index in [1.807, 2.05) is 0 Å². The summed E-state index contributed by atoms with van der Waals surface area (Å²) in [5.41, 5.74) is 0. The van der Waals surface area contributed by atoms with Crippen molar-refractivity contribution >= 4 is 0 Å². The molecule has 1 N–H and O–H groups in total. The highest BCUT2D eigenvalue weighted by Gasteiger charge is 2.18. The Labute approximate surface area is 81.4 Å². The molecule has 0 amide bonds. The van der Waals surface area contributed by atoms with E-state index >= 15 is 0 Å². The molecule has 1 rings (SSSR count). The van der Waals surface area contributed by atoms with Gasteiger partial charge in [-0.05, 0) is 40.4 Å². The van der Waals surface area contributed by atoms with Crippen molar-refractivity contribution in [2.45, 2.75) is 31.9 Å². The van der Waals surface area contributed by atoms with Crippen LogP contribution in [0.4, 0.5) is 0 Å². The summed E-state index contributed by atoms with van der Waals surface area (Å²) in [5, 5.41) is 3.42. The molecule has 1 fully saturated rings. The van der Waals surface area contributed by atoms with E-state index in [2.05, 4.69) is 31.2 Å². The van der Waals surface area contributed by atoms with Crippen LogP contribution in [0.1, 0.15) is 19.8 Å². The van der Waals surface area contributed by atoms with Gasteiger partial charge in [-0.3, -0.25) is 0 Å². The van der Waals surface area contributed by atoms with Crippen molar-refractivity contribution in [1.29, 1.82) is 0 Å². The molecule has 0 spiro atoms.